The zero-order valence-corrected chi connectivity index (χ0v) is 12.8. The number of aromatic nitrogens is 2. The fraction of sp³-hybridized carbons (Fsp3) is 0.500. The van der Waals surface area contributed by atoms with E-state index < -0.39 is 0 Å². The monoisotopic (exact) mass is 305 g/mol. The van der Waals surface area contributed by atoms with Gasteiger partial charge in [0, 0.05) is 17.7 Å². The van der Waals surface area contributed by atoms with Gasteiger partial charge in [-0.05, 0) is 24.9 Å². The lowest BCUT2D eigenvalue weighted by molar-refractivity contribution is 0.184. The highest BCUT2D eigenvalue weighted by atomic mass is 19.1. The first-order valence-corrected chi connectivity index (χ1v) is 7.48. The second-order valence-corrected chi connectivity index (χ2v) is 5.63. The Morgan fingerprint density at radius 2 is 2.27 bits per heavy atom. The molecule has 2 aromatic heterocycles. The van der Waals surface area contributed by atoms with Crippen LogP contribution in [0.15, 0.2) is 18.3 Å². The number of methoxy groups -OCH3 is 1. The number of rotatable bonds is 5. The fourth-order valence-electron chi connectivity index (χ4n) is 2.73. The Morgan fingerprint density at radius 1 is 1.41 bits per heavy atom. The normalized spacial score (nSPS) is 21.4. The van der Waals surface area contributed by atoms with Gasteiger partial charge in [0.1, 0.15) is 5.82 Å². The summed E-state index contributed by atoms with van der Waals surface area (Å²) in [6, 6.07) is 3.86. The maximum absolute atomic E-state index is 14.1. The Balaban J connectivity index is 1.78. The predicted octanol–water partition coefficient (Wildman–Crippen LogP) is 1.94. The zero-order valence-electron chi connectivity index (χ0n) is 12.8. The van der Waals surface area contributed by atoms with Gasteiger partial charge in [-0.15, -0.1) is 0 Å². The molecular weight excluding hydrogens is 285 g/mol. The van der Waals surface area contributed by atoms with Crippen molar-refractivity contribution in [1.82, 2.24) is 15.3 Å². The summed E-state index contributed by atoms with van der Waals surface area (Å²) in [5, 5.41) is 3.43. The Bertz CT molecular complexity index is 665. The van der Waals surface area contributed by atoms with E-state index in [0.717, 1.165) is 6.61 Å². The van der Waals surface area contributed by atoms with E-state index in [1.165, 1.54) is 6.20 Å². The summed E-state index contributed by atoms with van der Waals surface area (Å²) in [4.78, 5) is 8.42. The second kappa shape index (κ2) is 6.54. The molecule has 2 aromatic rings. The van der Waals surface area contributed by atoms with Crippen LogP contribution in [0.3, 0.4) is 0 Å². The first-order chi connectivity index (χ1) is 10.7. The molecular formula is C16H20FN3O2. The molecule has 1 N–H and O–H groups in total. The van der Waals surface area contributed by atoms with Crippen molar-refractivity contribution in [3.05, 3.63) is 29.7 Å². The summed E-state index contributed by atoms with van der Waals surface area (Å²) >= 11 is 0. The number of nitrogens with zero attached hydrogens (tertiary/aromatic N) is 2. The van der Waals surface area contributed by atoms with Crippen molar-refractivity contribution in [2.24, 2.45) is 5.92 Å². The van der Waals surface area contributed by atoms with Gasteiger partial charge < -0.3 is 14.8 Å². The molecule has 3 heterocycles. The lowest BCUT2D eigenvalue weighted by Crippen LogP contribution is -2.35. The van der Waals surface area contributed by atoms with Crippen LogP contribution >= 0.6 is 0 Å². The van der Waals surface area contributed by atoms with Crippen LogP contribution < -0.4 is 10.1 Å². The molecule has 0 amide bonds. The van der Waals surface area contributed by atoms with E-state index in [0.29, 0.717) is 54.0 Å². The van der Waals surface area contributed by atoms with Gasteiger partial charge in [-0.3, -0.25) is 4.98 Å². The maximum Gasteiger partial charge on any atom is 0.213 e. The molecule has 22 heavy (non-hydrogen) atoms. The Kier molecular flexibility index (Phi) is 4.49. The standard InChI is InChI=1S/C16H20FN3O2/c1-10-8-22-9-14(10)18-6-5-11-12(17)7-19-13-3-4-15(21-2)20-16(11)13/h3-4,7,10,14,18H,5-6,8-9H2,1-2H3. The molecule has 5 nitrogen and oxygen atoms in total. The second-order valence-electron chi connectivity index (χ2n) is 5.63. The minimum atomic E-state index is -0.328. The molecule has 1 fully saturated rings. The molecule has 2 unspecified atom stereocenters. The third-order valence-corrected chi connectivity index (χ3v) is 4.10. The molecule has 0 radical (unpaired) electrons. The van der Waals surface area contributed by atoms with E-state index in [2.05, 4.69) is 22.2 Å². The van der Waals surface area contributed by atoms with Crippen molar-refractivity contribution in [3.8, 4) is 5.88 Å². The summed E-state index contributed by atoms with van der Waals surface area (Å²) in [5.74, 6) is 0.620. The van der Waals surface area contributed by atoms with Gasteiger partial charge >= 0.3 is 0 Å². The summed E-state index contributed by atoms with van der Waals surface area (Å²) in [6.07, 6.45) is 1.81. The third kappa shape index (κ3) is 3.03. The molecule has 2 atom stereocenters. The fourth-order valence-corrected chi connectivity index (χ4v) is 2.73. The van der Waals surface area contributed by atoms with Gasteiger partial charge in [-0.25, -0.2) is 9.37 Å². The van der Waals surface area contributed by atoms with Crippen molar-refractivity contribution in [2.75, 3.05) is 26.9 Å². The number of halogens is 1. The van der Waals surface area contributed by atoms with Crippen LogP contribution in [0.4, 0.5) is 4.39 Å². The Morgan fingerprint density at radius 3 is 3.00 bits per heavy atom. The van der Waals surface area contributed by atoms with Crippen molar-refractivity contribution in [2.45, 2.75) is 19.4 Å². The third-order valence-electron chi connectivity index (χ3n) is 4.10. The lowest BCUT2D eigenvalue weighted by atomic mass is 10.1. The van der Waals surface area contributed by atoms with Crippen molar-refractivity contribution in [3.63, 3.8) is 0 Å². The van der Waals surface area contributed by atoms with E-state index in [1.807, 2.05) is 0 Å². The first kappa shape index (κ1) is 15.1. The van der Waals surface area contributed by atoms with Gasteiger partial charge in [0.25, 0.3) is 0 Å². The Hall–Kier alpha value is -1.79. The summed E-state index contributed by atoms with van der Waals surface area (Å²) in [7, 11) is 1.55. The summed E-state index contributed by atoms with van der Waals surface area (Å²) in [5.41, 5.74) is 1.81. The number of ether oxygens (including phenoxy) is 2. The molecule has 0 bridgehead atoms. The van der Waals surface area contributed by atoms with Gasteiger partial charge in [-0.2, -0.15) is 0 Å². The molecule has 1 aliphatic heterocycles. The van der Waals surface area contributed by atoms with Crippen molar-refractivity contribution in [1.29, 1.82) is 0 Å². The van der Waals surface area contributed by atoms with Crippen LogP contribution in [0, 0.1) is 11.7 Å². The average Bonchev–Trinajstić information content (AvgIpc) is 2.94. The van der Waals surface area contributed by atoms with Crippen molar-refractivity contribution >= 4 is 11.0 Å². The molecule has 0 spiro atoms. The largest absolute Gasteiger partial charge is 0.481 e. The molecule has 0 aromatic carbocycles. The van der Waals surface area contributed by atoms with Crippen LogP contribution in [0.5, 0.6) is 5.88 Å². The number of nitrogens with one attached hydrogen (secondary N) is 1. The highest BCUT2D eigenvalue weighted by molar-refractivity contribution is 5.78. The topological polar surface area (TPSA) is 56.3 Å². The van der Waals surface area contributed by atoms with E-state index in [4.69, 9.17) is 9.47 Å². The number of hydrogen-bond acceptors (Lipinski definition) is 5. The van der Waals surface area contributed by atoms with Crippen LogP contribution in [0.2, 0.25) is 0 Å². The number of hydrogen-bond donors (Lipinski definition) is 1. The molecule has 0 aliphatic carbocycles. The average molecular weight is 305 g/mol. The number of pyridine rings is 2. The van der Waals surface area contributed by atoms with Crippen molar-refractivity contribution < 1.29 is 13.9 Å². The van der Waals surface area contributed by atoms with Gasteiger partial charge in [0.15, 0.2) is 0 Å². The Labute approximate surface area is 128 Å². The number of fused-ring (bicyclic) bond motifs is 1. The maximum atomic E-state index is 14.1. The van der Waals surface area contributed by atoms with E-state index in [1.54, 1.807) is 19.2 Å². The smallest absolute Gasteiger partial charge is 0.213 e. The van der Waals surface area contributed by atoms with Crippen LogP contribution in [-0.4, -0.2) is 42.9 Å². The molecule has 0 saturated carbocycles. The van der Waals surface area contributed by atoms with Gasteiger partial charge in [-0.1, -0.05) is 6.92 Å². The highest BCUT2D eigenvalue weighted by Gasteiger charge is 2.23. The molecule has 118 valence electrons. The SMILES string of the molecule is COc1ccc2ncc(F)c(CCNC3COCC3C)c2n1. The predicted molar refractivity (Wildman–Crippen MR) is 81.5 cm³/mol. The molecule has 1 aliphatic rings. The summed E-state index contributed by atoms with van der Waals surface area (Å²) < 4.78 is 24.7. The van der Waals surface area contributed by atoms with Crippen LogP contribution in [-0.2, 0) is 11.2 Å². The van der Waals surface area contributed by atoms with Crippen LogP contribution in [0.1, 0.15) is 12.5 Å². The minimum absolute atomic E-state index is 0.328. The highest BCUT2D eigenvalue weighted by Crippen LogP contribution is 2.21. The van der Waals surface area contributed by atoms with E-state index in [9.17, 15) is 4.39 Å². The van der Waals surface area contributed by atoms with E-state index >= 15 is 0 Å². The minimum Gasteiger partial charge on any atom is -0.481 e. The molecule has 1 saturated heterocycles. The zero-order chi connectivity index (χ0) is 15.5. The summed E-state index contributed by atoms with van der Waals surface area (Å²) in [6.45, 7) is 4.32. The quantitative estimate of drug-likeness (QED) is 0.915. The molecule has 6 heteroatoms. The van der Waals surface area contributed by atoms with E-state index in [-0.39, 0.29) is 5.82 Å². The van der Waals surface area contributed by atoms with Gasteiger partial charge in [0.2, 0.25) is 5.88 Å². The lowest BCUT2D eigenvalue weighted by Gasteiger charge is -2.15. The van der Waals surface area contributed by atoms with Crippen LogP contribution in [0.25, 0.3) is 11.0 Å². The first-order valence-electron chi connectivity index (χ1n) is 7.48. The van der Waals surface area contributed by atoms with Gasteiger partial charge in [0.05, 0.1) is 37.6 Å². The molecule has 3 rings (SSSR count).